The van der Waals surface area contributed by atoms with Crippen molar-refractivity contribution in [2.24, 2.45) is 0 Å². The molecule has 4 aromatic rings. The van der Waals surface area contributed by atoms with Crippen molar-refractivity contribution in [3.8, 4) is 5.75 Å². The highest BCUT2D eigenvalue weighted by Gasteiger charge is 2.18. The molecular weight excluding hydrogens is 538 g/mol. The number of ether oxygens (including phenoxy) is 1. The topological polar surface area (TPSA) is 82.8 Å². The molecule has 3 aromatic carbocycles. The van der Waals surface area contributed by atoms with Gasteiger partial charge in [-0.1, -0.05) is 44.4 Å². The molecule has 0 saturated heterocycles. The summed E-state index contributed by atoms with van der Waals surface area (Å²) in [6, 6.07) is 25.0. The number of unbranched alkanes of at least 4 members (excludes halogenated alkanes) is 3. The van der Waals surface area contributed by atoms with Crippen LogP contribution in [0.25, 0.3) is 22.6 Å². The second-order valence-corrected chi connectivity index (χ2v) is 10.5. The fraction of sp³-hybridized carbons (Fsp3) is 0.306. The third-order valence-corrected chi connectivity index (χ3v) is 7.45. The van der Waals surface area contributed by atoms with Gasteiger partial charge in [-0.25, -0.2) is 4.79 Å². The highest BCUT2D eigenvalue weighted by molar-refractivity contribution is 6.29. The number of aliphatic carboxylic acids is 1. The quantitative estimate of drug-likeness (QED) is 0.0673. The van der Waals surface area contributed by atoms with Gasteiger partial charge in [0.05, 0.1) is 6.61 Å². The number of rotatable bonds is 15. The second kappa shape index (κ2) is 15.5. The molecule has 0 spiro atoms. The number of pyridine rings is 1. The van der Waals surface area contributed by atoms with Crippen LogP contribution in [0.15, 0.2) is 85.1 Å². The smallest absolute Gasteiger partial charge is 0.370 e. The molecule has 0 atom stereocenters. The summed E-state index contributed by atoms with van der Waals surface area (Å²) in [4.78, 5) is 27.6. The SMILES string of the molecule is CCCCCCOc1cc(N(CC)CC)ccc1/C=C(\C(=O)Nc1ccccc1)c1ccc2c(ccc[n+]2CC(=O)O)c1. The summed E-state index contributed by atoms with van der Waals surface area (Å²) in [5, 5.41) is 13.2. The van der Waals surface area contributed by atoms with E-state index in [0.29, 0.717) is 17.9 Å². The van der Waals surface area contributed by atoms with E-state index >= 15 is 0 Å². The number of benzene rings is 3. The van der Waals surface area contributed by atoms with Crippen molar-refractivity contribution < 1.29 is 24.0 Å². The van der Waals surface area contributed by atoms with E-state index < -0.39 is 5.97 Å². The Morgan fingerprint density at radius 3 is 2.42 bits per heavy atom. The maximum atomic E-state index is 13.9. The minimum Gasteiger partial charge on any atom is -0.493 e. The number of hydrogen-bond acceptors (Lipinski definition) is 4. The van der Waals surface area contributed by atoms with Crippen molar-refractivity contribution in [1.29, 1.82) is 0 Å². The van der Waals surface area contributed by atoms with Gasteiger partial charge in [-0.3, -0.25) is 4.79 Å². The van der Waals surface area contributed by atoms with Crippen molar-refractivity contribution in [3.63, 3.8) is 0 Å². The van der Waals surface area contributed by atoms with Crippen molar-refractivity contribution in [2.45, 2.75) is 53.0 Å². The fourth-order valence-electron chi connectivity index (χ4n) is 5.15. The average Bonchev–Trinajstić information content (AvgIpc) is 3.01. The number of fused-ring (bicyclic) bond motifs is 1. The number of hydrogen-bond donors (Lipinski definition) is 2. The molecule has 0 unspecified atom stereocenters. The van der Waals surface area contributed by atoms with Gasteiger partial charge in [0, 0.05) is 59.2 Å². The lowest BCUT2D eigenvalue weighted by Gasteiger charge is -2.22. The predicted molar refractivity (Wildman–Crippen MR) is 174 cm³/mol. The number of anilines is 2. The Labute approximate surface area is 254 Å². The van der Waals surface area contributed by atoms with Gasteiger partial charge in [0.15, 0.2) is 6.20 Å². The molecule has 0 aliphatic carbocycles. The highest BCUT2D eigenvalue weighted by atomic mass is 16.5. The number of carbonyl (C=O) groups excluding carboxylic acids is 1. The molecule has 0 aliphatic heterocycles. The van der Waals surface area contributed by atoms with E-state index in [1.807, 2.05) is 72.8 Å². The molecule has 0 bridgehead atoms. The van der Waals surface area contributed by atoms with Crippen LogP contribution in [0.4, 0.5) is 11.4 Å². The van der Waals surface area contributed by atoms with Gasteiger partial charge in [-0.05, 0) is 74.4 Å². The van der Waals surface area contributed by atoms with Crippen molar-refractivity contribution in [3.05, 3.63) is 96.2 Å². The Hall–Kier alpha value is -4.65. The summed E-state index contributed by atoms with van der Waals surface area (Å²) < 4.78 is 8.05. The van der Waals surface area contributed by atoms with E-state index in [2.05, 4.69) is 43.1 Å². The van der Waals surface area contributed by atoms with Crippen LogP contribution in [0.2, 0.25) is 0 Å². The minimum absolute atomic E-state index is 0.147. The van der Waals surface area contributed by atoms with Crippen LogP contribution in [0.5, 0.6) is 5.75 Å². The zero-order valence-electron chi connectivity index (χ0n) is 25.4. The van der Waals surface area contributed by atoms with Gasteiger partial charge in [0.1, 0.15) is 5.75 Å². The first-order valence-electron chi connectivity index (χ1n) is 15.2. The maximum Gasteiger partial charge on any atom is 0.370 e. The molecule has 1 amide bonds. The number of para-hydroxylation sites is 1. The zero-order chi connectivity index (χ0) is 30.6. The summed E-state index contributed by atoms with van der Waals surface area (Å²) >= 11 is 0. The first-order valence-corrected chi connectivity index (χ1v) is 15.2. The maximum absolute atomic E-state index is 13.9. The van der Waals surface area contributed by atoms with E-state index in [4.69, 9.17) is 4.74 Å². The van der Waals surface area contributed by atoms with Gasteiger partial charge in [-0.2, -0.15) is 4.57 Å². The lowest BCUT2D eigenvalue weighted by Crippen LogP contribution is -2.38. The summed E-state index contributed by atoms with van der Waals surface area (Å²) in [7, 11) is 0. The fourth-order valence-corrected chi connectivity index (χ4v) is 5.15. The van der Waals surface area contributed by atoms with Crippen molar-refractivity contribution in [2.75, 3.05) is 29.9 Å². The molecule has 224 valence electrons. The third kappa shape index (κ3) is 8.44. The Bertz CT molecular complexity index is 1560. The third-order valence-electron chi connectivity index (χ3n) is 7.45. The van der Waals surface area contributed by atoms with E-state index in [0.717, 1.165) is 65.8 Å². The summed E-state index contributed by atoms with van der Waals surface area (Å²) in [5.41, 5.74) is 4.56. The first-order chi connectivity index (χ1) is 20.9. The zero-order valence-corrected chi connectivity index (χ0v) is 25.4. The summed E-state index contributed by atoms with van der Waals surface area (Å²) in [6.07, 6.45) is 8.05. The van der Waals surface area contributed by atoms with Crippen LogP contribution >= 0.6 is 0 Å². The Morgan fingerprint density at radius 2 is 1.70 bits per heavy atom. The van der Waals surface area contributed by atoms with Crippen LogP contribution in [0, 0.1) is 0 Å². The molecule has 7 nitrogen and oxygen atoms in total. The van der Waals surface area contributed by atoms with Crippen LogP contribution in [0.1, 0.15) is 57.6 Å². The molecule has 43 heavy (non-hydrogen) atoms. The van der Waals surface area contributed by atoms with E-state index in [1.54, 1.807) is 10.8 Å². The van der Waals surface area contributed by atoms with Crippen LogP contribution < -0.4 is 19.5 Å². The Morgan fingerprint density at radius 1 is 0.907 bits per heavy atom. The van der Waals surface area contributed by atoms with Crippen molar-refractivity contribution >= 4 is 45.8 Å². The van der Waals surface area contributed by atoms with Crippen molar-refractivity contribution in [1.82, 2.24) is 0 Å². The van der Waals surface area contributed by atoms with Gasteiger partial charge in [0.2, 0.25) is 12.1 Å². The molecule has 0 aliphatic rings. The van der Waals surface area contributed by atoms with Gasteiger partial charge in [0.25, 0.3) is 5.91 Å². The number of amides is 1. The number of carboxylic acid groups (broad SMARTS) is 1. The standard InChI is InChI=1S/C36H41N3O4/c1-4-7-8-12-22-43-34-25-31(38(5-2)6-3)19-17-29(34)24-32(36(42)37-30-15-10-9-11-16-30)27-18-20-33-28(23-27)14-13-21-39(33)26-35(40)41/h9-11,13-21,23-25H,4-8,12,22,26H2,1-3H3,(H-,37,40,41,42)/p+1/b32-24-. The normalized spacial score (nSPS) is 11.4. The molecule has 1 aromatic heterocycles. The molecular formula is C36H42N3O4+. The average molecular weight is 581 g/mol. The molecule has 0 fully saturated rings. The molecule has 7 heteroatoms. The minimum atomic E-state index is -0.917. The van der Waals surface area contributed by atoms with Crippen LogP contribution in [-0.4, -0.2) is 36.7 Å². The summed E-state index contributed by atoms with van der Waals surface area (Å²) in [5.74, 6) is -0.424. The number of nitrogens with zero attached hydrogens (tertiary/aromatic N) is 2. The van der Waals surface area contributed by atoms with E-state index in [1.165, 1.54) is 6.42 Å². The number of aromatic nitrogens is 1. The molecule has 0 saturated carbocycles. The second-order valence-electron chi connectivity index (χ2n) is 10.5. The lowest BCUT2D eigenvalue weighted by atomic mass is 9.99. The van der Waals surface area contributed by atoms with Gasteiger partial charge < -0.3 is 20.1 Å². The monoisotopic (exact) mass is 580 g/mol. The number of carboxylic acids is 1. The Balaban J connectivity index is 1.80. The molecule has 0 radical (unpaired) electrons. The Kier molecular flexibility index (Phi) is 11.3. The van der Waals surface area contributed by atoms with E-state index in [9.17, 15) is 14.7 Å². The van der Waals surface area contributed by atoms with E-state index in [-0.39, 0.29) is 12.5 Å². The van der Waals surface area contributed by atoms with Gasteiger partial charge in [-0.15, -0.1) is 0 Å². The summed E-state index contributed by atoms with van der Waals surface area (Å²) in [6.45, 7) is 8.68. The first kappa shape index (κ1) is 31.3. The molecule has 1 heterocycles. The predicted octanol–water partition coefficient (Wildman–Crippen LogP) is 7.20. The van der Waals surface area contributed by atoms with Crippen LogP contribution in [-0.2, 0) is 16.1 Å². The highest BCUT2D eigenvalue weighted by Crippen LogP contribution is 2.31. The number of carbonyl (C=O) groups is 2. The van der Waals surface area contributed by atoms with Crippen LogP contribution in [0.3, 0.4) is 0 Å². The number of nitrogens with one attached hydrogen (secondary N) is 1. The molecule has 4 rings (SSSR count). The van der Waals surface area contributed by atoms with Gasteiger partial charge >= 0.3 is 5.97 Å². The molecule has 2 N–H and O–H groups in total. The lowest BCUT2D eigenvalue weighted by molar-refractivity contribution is -0.659. The largest absolute Gasteiger partial charge is 0.493 e.